The Morgan fingerprint density at radius 1 is 1.03 bits per heavy atom. The zero-order valence-corrected chi connectivity index (χ0v) is 17.9. The van der Waals surface area contributed by atoms with Gasteiger partial charge in [-0.15, -0.1) is 0 Å². The number of aromatic amines is 1. The number of rotatable bonds is 6. The van der Waals surface area contributed by atoms with Crippen LogP contribution in [-0.4, -0.2) is 54.5 Å². The van der Waals surface area contributed by atoms with Crippen molar-refractivity contribution < 1.29 is 17.9 Å². The highest BCUT2D eigenvalue weighted by Gasteiger charge is 2.28. The van der Waals surface area contributed by atoms with Gasteiger partial charge >= 0.3 is 5.69 Å². The lowest BCUT2D eigenvalue weighted by Crippen LogP contribution is -2.41. The van der Waals surface area contributed by atoms with E-state index in [0.717, 1.165) is 0 Å². The van der Waals surface area contributed by atoms with Gasteiger partial charge in [0, 0.05) is 19.6 Å². The molecule has 0 radical (unpaired) electrons. The van der Waals surface area contributed by atoms with Crippen LogP contribution in [0.25, 0.3) is 10.9 Å². The summed E-state index contributed by atoms with van der Waals surface area (Å²) in [5.41, 5.74) is -0.443. The highest BCUT2D eigenvalue weighted by Crippen LogP contribution is 2.21. The smallest absolute Gasteiger partial charge is 0.329 e. The number of carbonyl (C=O) groups is 1. The average molecular weight is 458 g/mol. The van der Waals surface area contributed by atoms with Crippen LogP contribution >= 0.6 is 0 Å². The van der Waals surface area contributed by atoms with E-state index >= 15 is 0 Å². The zero-order valence-electron chi connectivity index (χ0n) is 17.1. The van der Waals surface area contributed by atoms with Crippen molar-refractivity contribution >= 4 is 26.8 Å². The molecule has 0 spiro atoms. The SMILES string of the molecule is O=C(Cn1c(=O)[nH]c(=O)c2ccccc21)NCc1ccccc1S(=O)(=O)N1CCOCC1. The molecule has 1 aliphatic rings. The molecule has 1 amide bonds. The largest absolute Gasteiger partial charge is 0.379 e. The van der Waals surface area contributed by atoms with Gasteiger partial charge < -0.3 is 10.1 Å². The first-order valence-corrected chi connectivity index (χ1v) is 11.5. The molecule has 1 aromatic heterocycles. The molecule has 0 atom stereocenters. The number of sulfonamides is 1. The summed E-state index contributed by atoms with van der Waals surface area (Å²) < 4.78 is 33.9. The van der Waals surface area contributed by atoms with Crippen LogP contribution in [0, 0.1) is 0 Å². The Morgan fingerprint density at radius 2 is 1.72 bits per heavy atom. The van der Waals surface area contributed by atoms with Gasteiger partial charge in [-0.05, 0) is 23.8 Å². The van der Waals surface area contributed by atoms with E-state index in [9.17, 15) is 22.8 Å². The maximum atomic E-state index is 13.0. The molecule has 32 heavy (non-hydrogen) atoms. The second-order valence-corrected chi connectivity index (χ2v) is 9.17. The molecule has 0 aliphatic carbocycles. The van der Waals surface area contributed by atoms with Gasteiger partial charge in [0.15, 0.2) is 0 Å². The summed E-state index contributed by atoms with van der Waals surface area (Å²) in [6.45, 7) is 0.847. The quantitative estimate of drug-likeness (QED) is 0.536. The number of hydrogen-bond acceptors (Lipinski definition) is 6. The van der Waals surface area contributed by atoms with Gasteiger partial charge in [-0.1, -0.05) is 30.3 Å². The van der Waals surface area contributed by atoms with E-state index in [1.165, 1.54) is 14.9 Å². The number of amides is 1. The fourth-order valence-corrected chi connectivity index (χ4v) is 5.25. The van der Waals surface area contributed by atoms with Crippen LogP contribution < -0.4 is 16.6 Å². The number of benzene rings is 2. The summed E-state index contributed by atoms with van der Waals surface area (Å²) in [5.74, 6) is -0.497. The normalized spacial score (nSPS) is 15.0. The van der Waals surface area contributed by atoms with Gasteiger partial charge in [0.05, 0.1) is 29.0 Å². The lowest BCUT2D eigenvalue weighted by molar-refractivity contribution is -0.121. The third-order valence-electron chi connectivity index (χ3n) is 5.24. The Morgan fingerprint density at radius 3 is 2.50 bits per heavy atom. The first-order chi connectivity index (χ1) is 15.4. The van der Waals surface area contributed by atoms with Crippen molar-refractivity contribution in [2.24, 2.45) is 0 Å². The molecule has 2 N–H and O–H groups in total. The molecule has 10 nitrogen and oxygen atoms in total. The molecule has 0 saturated carbocycles. The number of fused-ring (bicyclic) bond motifs is 1. The van der Waals surface area contributed by atoms with Crippen molar-refractivity contribution in [1.29, 1.82) is 0 Å². The predicted octanol–water partition coefficient (Wildman–Crippen LogP) is 0.0271. The molecule has 11 heteroatoms. The summed E-state index contributed by atoms with van der Waals surface area (Å²) in [6, 6.07) is 12.9. The van der Waals surface area contributed by atoms with E-state index in [0.29, 0.717) is 29.7 Å². The van der Waals surface area contributed by atoms with Crippen molar-refractivity contribution in [2.75, 3.05) is 26.3 Å². The molecule has 3 aromatic rings. The monoisotopic (exact) mass is 458 g/mol. The van der Waals surface area contributed by atoms with Gasteiger partial charge in [0.25, 0.3) is 5.56 Å². The van der Waals surface area contributed by atoms with Gasteiger partial charge in [-0.2, -0.15) is 4.31 Å². The number of nitrogens with one attached hydrogen (secondary N) is 2. The Labute approximate surface area is 183 Å². The highest BCUT2D eigenvalue weighted by molar-refractivity contribution is 7.89. The summed E-state index contributed by atoms with van der Waals surface area (Å²) in [4.78, 5) is 39.1. The molecule has 1 aliphatic heterocycles. The minimum absolute atomic E-state index is 0.0331. The number of nitrogens with zero attached hydrogens (tertiary/aromatic N) is 2. The third kappa shape index (κ3) is 4.35. The van der Waals surface area contributed by atoms with Gasteiger partial charge in [0.1, 0.15) is 6.54 Å². The summed E-state index contributed by atoms with van der Waals surface area (Å²) in [5, 5.41) is 2.96. The Balaban J connectivity index is 1.53. The lowest BCUT2D eigenvalue weighted by atomic mass is 10.2. The van der Waals surface area contributed by atoms with E-state index in [4.69, 9.17) is 4.74 Å². The first kappa shape index (κ1) is 21.9. The molecular formula is C21H22N4O6S. The van der Waals surface area contributed by atoms with Crippen LogP contribution in [0.4, 0.5) is 0 Å². The van der Waals surface area contributed by atoms with E-state index < -0.39 is 27.2 Å². The van der Waals surface area contributed by atoms with E-state index in [2.05, 4.69) is 10.3 Å². The number of para-hydroxylation sites is 1. The third-order valence-corrected chi connectivity index (χ3v) is 7.24. The van der Waals surface area contributed by atoms with Crippen LogP contribution in [-0.2, 0) is 32.6 Å². The van der Waals surface area contributed by atoms with Crippen molar-refractivity contribution in [3.8, 4) is 0 Å². The fourth-order valence-electron chi connectivity index (χ4n) is 3.62. The van der Waals surface area contributed by atoms with Gasteiger partial charge in [0.2, 0.25) is 15.9 Å². The molecule has 0 bridgehead atoms. The minimum atomic E-state index is -3.73. The van der Waals surface area contributed by atoms with Crippen LogP contribution in [0.1, 0.15) is 5.56 Å². The standard InChI is InChI=1S/C21H22N4O6S/c26-19(14-25-17-7-3-2-6-16(17)20(27)23-21(25)28)22-13-15-5-1-4-8-18(15)32(29,30)24-9-11-31-12-10-24/h1-8H,9-14H2,(H,22,26)(H,23,27,28). The maximum Gasteiger partial charge on any atom is 0.329 e. The van der Waals surface area contributed by atoms with Crippen molar-refractivity contribution in [3.63, 3.8) is 0 Å². The first-order valence-electron chi connectivity index (χ1n) is 10.0. The molecule has 2 aromatic carbocycles. The summed E-state index contributed by atoms with van der Waals surface area (Å²) in [6.07, 6.45) is 0. The van der Waals surface area contributed by atoms with Crippen molar-refractivity contribution in [1.82, 2.24) is 19.2 Å². The van der Waals surface area contributed by atoms with Crippen LogP contribution in [0.5, 0.6) is 0 Å². The summed E-state index contributed by atoms with van der Waals surface area (Å²) in [7, 11) is -3.73. The highest BCUT2D eigenvalue weighted by atomic mass is 32.2. The zero-order chi connectivity index (χ0) is 22.7. The van der Waals surface area contributed by atoms with Gasteiger partial charge in [-0.25, -0.2) is 13.2 Å². The maximum absolute atomic E-state index is 13.0. The lowest BCUT2D eigenvalue weighted by Gasteiger charge is -2.27. The van der Waals surface area contributed by atoms with Gasteiger partial charge in [-0.3, -0.25) is 19.1 Å². The number of carbonyl (C=O) groups excluding carboxylic acids is 1. The molecule has 0 unspecified atom stereocenters. The number of ether oxygens (including phenoxy) is 1. The average Bonchev–Trinajstić information content (AvgIpc) is 2.81. The summed E-state index contributed by atoms with van der Waals surface area (Å²) >= 11 is 0. The number of hydrogen-bond donors (Lipinski definition) is 2. The van der Waals surface area contributed by atoms with Crippen LogP contribution in [0.15, 0.2) is 63.0 Å². The van der Waals surface area contributed by atoms with Crippen LogP contribution in [0.2, 0.25) is 0 Å². The fraction of sp³-hybridized carbons (Fsp3) is 0.286. The van der Waals surface area contributed by atoms with Crippen LogP contribution in [0.3, 0.4) is 0 Å². The Kier molecular flexibility index (Phi) is 6.21. The molecule has 168 valence electrons. The molecule has 4 rings (SSSR count). The molecule has 1 fully saturated rings. The molecule has 1 saturated heterocycles. The predicted molar refractivity (Wildman–Crippen MR) is 117 cm³/mol. The second kappa shape index (κ2) is 9.07. The molecule has 2 heterocycles. The topological polar surface area (TPSA) is 131 Å². The van der Waals surface area contributed by atoms with E-state index in [-0.39, 0.29) is 31.1 Å². The van der Waals surface area contributed by atoms with E-state index in [1.807, 2.05) is 0 Å². The number of aromatic nitrogens is 2. The second-order valence-electron chi connectivity index (χ2n) is 7.26. The Hall–Kier alpha value is -3.28. The van der Waals surface area contributed by atoms with Crippen molar-refractivity contribution in [3.05, 3.63) is 74.9 Å². The van der Waals surface area contributed by atoms with Crippen molar-refractivity contribution in [2.45, 2.75) is 18.0 Å². The van der Waals surface area contributed by atoms with E-state index in [1.54, 1.807) is 42.5 Å². The number of H-pyrrole nitrogens is 1. The molecular weight excluding hydrogens is 436 g/mol. The minimum Gasteiger partial charge on any atom is -0.379 e. The Bertz CT molecular complexity index is 1370. The number of morpholine rings is 1.